The van der Waals surface area contributed by atoms with Crippen LogP contribution in [-0.2, 0) is 4.79 Å². The monoisotopic (exact) mass is 207 g/mol. The van der Waals surface area contributed by atoms with Gasteiger partial charge in [0.1, 0.15) is 0 Å². The van der Waals surface area contributed by atoms with Crippen LogP contribution in [0.15, 0.2) is 24.8 Å². The first kappa shape index (κ1) is 12.0. The van der Waals surface area contributed by atoms with E-state index in [1.165, 1.54) is 24.8 Å². The summed E-state index contributed by atoms with van der Waals surface area (Å²) in [6.07, 6.45) is 5.20. The van der Waals surface area contributed by atoms with Crippen molar-refractivity contribution in [2.75, 3.05) is 0 Å². The summed E-state index contributed by atoms with van der Waals surface area (Å²) in [4.78, 5) is 9.47. The Morgan fingerprint density at radius 3 is 2.33 bits per heavy atom. The molecule has 3 rings (SSSR count). The number of allylic oxidation sites excluding steroid dienone is 1. The van der Waals surface area contributed by atoms with Gasteiger partial charge in [0.25, 0.3) is 0 Å². The van der Waals surface area contributed by atoms with Gasteiger partial charge in [-0.3, -0.25) is 4.79 Å². The van der Waals surface area contributed by atoms with Crippen LogP contribution in [0.1, 0.15) is 33.1 Å². The fraction of sp³-hybridized carbons (Fsp3) is 0.615. The van der Waals surface area contributed by atoms with E-state index in [4.69, 9.17) is 0 Å². The summed E-state index contributed by atoms with van der Waals surface area (Å²) in [6.45, 7) is 12.0. The largest absolute Gasteiger partial charge is 0.366 e. The zero-order chi connectivity index (χ0) is 11.6. The van der Waals surface area contributed by atoms with Crippen LogP contribution in [0.4, 0.5) is 0 Å². The standard InChI is InChI=1S/C10H16.C3H5NO/c1-7-4-5-8-6-9(7)10(8,2)3;1-2-3(4)5/h8-9H,1,4-6H2,2-3H3;2H,1H2,(H2,4,5). The number of carbonyl (C=O) groups is 1. The van der Waals surface area contributed by atoms with Crippen LogP contribution in [0.5, 0.6) is 0 Å². The molecule has 15 heavy (non-hydrogen) atoms. The Labute approximate surface area is 92.2 Å². The molecule has 2 nitrogen and oxygen atoms in total. The molecule has 2 atom stereocenters. The molecule has 0 aromatic carbocycles. The van der Waals surface area contributed by atoms with Gasteiger partial charge >= 0.3 is 0 Å². The molecule has 2 bridgehead atoms. The van der Waals surface area contributed by atoms with Crippen molar-refractivity contribution in [3.8, 4) is 0 Å². The summed E-state index contributed by atoms with van der Waals surface area (Å²) in [5.74, 6) is 1.40. The van der Waals surface area contributed by atoms with Gasteiger partial charge in [-0.15, -0.1) is 0 Å². The lowest BCUT2D eigenvalue weighted by Crippen LogP contribution is -2.48. The number of amides is 1. The first-order chi connectivity index (χ1) is 6.89. The first-order valence-corrected chi connectivity index (χ1v) is 5.49. The van der Waals surface area contributed by atoms with Crippen molar-refractivity contribution in [2.45, 2.75) is 33.1 Å². The minimum absolute atomic E-state index is 0.481. The van der Waals surface area contributed by atoms with E-state index in [-0.39, 0.29) is 0 Å². The maximum absolute atomic E-state index is 9.47. The third kappa shape index (κ3) is 2.31. The fourth-order valence-corrected chi connectivity index (χ4v) is 2.73. The Balaban J connectivity index is 0.000000195. The zero-order valence-corrected chi connectivity index (χ0v) is 9.75. The summed E-state index contributed by atoms with van der Waals surface area (Å²) < 4.78 is 0. The molecule has 3 aliphatic rings. The number of carbonyl (C=O) groups excluding carboxylic acids is 1. The molecular weight excluding hydrogens is 186 g/mol. The van der Waals surface area contributed by atoms with Crippen LogP contribution in [0.3, 0.4) is 0 Å². The van der Waals surface area contributed by atoms with Gasteiger partial charge in [-0.1, -0.05) is 32.6 Å². The van der Waals surface area contributed by atoms with E-state index in [2.05, 4.69) is 32.7 Å². The van der Waals surface area contributed by atoms with Gasteiger partial charge in [0.2, 0.25) is 5.91 Å². The smallest absolute Gasteiger partial charge is 0.240 e. The molecule has 0 aromatic rings. The summed E-state index contributed by atoms with van der Waals surface area (Å²) >= 11 is 0. The Hall–Kier alpha value is -1.05. The third-order valence-electron chi connectivity index (χ3n) is 3.98. The molecule has 1 amide bonds. The summed E-state index contributed by atoms with van der Waals surface area (Å²) in [7, 11) is 0. The highest BCUT2D eigenvalue weighted by molar-refractivity contribution is 5.84. The molecule has 3 saturated carbocycles. The Kier molecular flexibility index (Phi) is 3.38. The van der Waals surface area contributed by atoms with E-state index in [1.54, 1.807) is 0 Å². The van der Waals surface area contributed by atoms with Gasteiger partial charge in [0, 0.05) is 0 Å². The van der Waals surface area contributed by atoms with Crippen LogP contribution in [0, 0.1) is 17.3 Å². The average Bonchev–Trinajstić information content (AvgIpc) is 2.18. The van der Waals surface area contributed by atoms with E-state index >= 15 is 0 Å². The van der Waals surface area contributed by atoms with E-state index < -0.39 is 5.91 Å². The highest BCUT2D eigenvalue weighted by Gasteiger charge is 2.51. The topological polar surface area (TPSA) is 43.1 Å². The van der Waals surface area contributed by atoms with E-state index in [1.807, 2.05) is 0 Å². The number of hydrogen-bond donors (Lipinski definition) is 1. The van der Waals surface area contributed by atoms with Crippen LogP contribution < -0.4 is 5.73 Å². The molecule has 3 aliphatic carbocycles. The van der Waals surface area contributed by atoms with Crippen molar-refractivity contribution < 1.29 is 4.79 Å². The highest BCUT2D eigenvalue weighted by Crippen LogP contribution is 2.60. The Morgan fingerprint density at radius 2 is 2.13 bits per heavy atom. The predicted octanol–water partition coefficient (Wildman–Crippen LogP) is 2.66. The number of rotatable bonds is 1. The molecule has 2 unspecified atom stereocenters. The highest BCUT2D eigenvalue weighted by atomic mass is 16.1. The molecular formula is C13H21NO. The molecule has 3 fully saturated rings. The zero-order valence-electron chi connectivity index (χ0n) is 9.75. The molecule has 0 spiro atoms. The maximum Gasteiger partial charge on any atom is 0.240 e. The lowest BCUT2D eigenvalue weighted by atomic mass is 9.47. The number of hydrogen-bond acceptors (Lipinski definition) is 1. The van der Waals surface area contributed by atoms with Gasteiger partial charge in [0.05, 0.1) is 0 Å². The van der Waals surface area contributed by atoms with Gasteiger partial charge in [0.15, 0.2) is 0 Å². The SMILES string of the molecule is C=C1CCC2CC1C2(C)C.C=CC(N)=O. The van der Waals surface area contributed by atoms with Crippen molar-refractivity contribution in [3.63, 3.8) is 0 Å². The van der Waals surface area contributed by atoms with Gasteiger partial charge in [-0.2, -0.15) is 0 Å². The van der Waals surface area contributed by atoms with E-state index in [0.29, 0.717) is 5.41 Å². The number of nitrogens with two attached hydrogens (primary N) is 1. The summed E-state index contributed by atoms with van der Waals surface area (Å²) in [5, 5.41) is 0. The molecule has 0 heterocycles. The van der Waals surface area contributed by atoms with Crippen molar-refractivity contribution in [2.24, 2.45) is 23.0 Å². The van der Waals surface area contributed by atoms with Crippen LogP contribution in [0.25, 0.3) is 0 Å². The predicted molar refractivity (Wildman–Crippen MR) is 63.1 cm³/mol. The molecule has 2 N–H and O–H groups in total. The number of fused-ring (bicyclic) bond motifs is 2. The van der Waals surface area contributed by atoms with Crippen LogP contribution >= 0.6 is 0 Å². The van der Waals surface area contributed by atoms with Gasteiger partial charge in [-0.25, -0.2) is 0 Å². The second-order valence-corrected chi connectivity index (χ2v) is 5.11. The lowest BCUT2D eigenvalue weighted by Gasteiger charge is -2.57. The molecule has 0 saturated heterocycles. The minimum Gasteiger partial charge on any atom is -0.366 e. The summed E-state index contributed by atoms with van der Waals surface area (Å²) in [5.41, 5.74) is 6.66. The van der Waals surface area contributed by atoms with Gasteiger partial charge in [-0.05, 0) is 42.6 Å². The maximum atomic E-state index is 9.47. The molecule has 0 radical (unpaired) electrons. The fourth-order valence-electron chi connectivity index (χ4n) is 2.73. The average molecular weight is 207 g/mol. The molecule has 2 heteroatoms. The number of primary amides is 1. The molecule has 0 aromatic heterocycles. The van der Waals surface area contributed by atoms with E-state index in [9.17, 15) is 4.79 Å². The second-order valence-electron chi connectivity index (χ2n) is 5.11. The van der Waals surface area contributed by atoms with Crippen molar-refractivity contribution in [3.05, 3.63) is 24.8 Å². The minimum atomic E-state index is -0.481. The summed E-state index contributed by atoms with van der Waals surface area (Å²) in [6, 6.07) is 0. The second kappa shape index (κ2) is 4.21. The normalized spacial score (nSPS) is 30.7. The molecule has 0 aliphatic heterocycles. The van der Waals surface area contributed by atoms with Crippen molar-refractivity contribution in [1.82, 2.24) is 0 Å². The Bertz CT molecular complexity index is 289. The van der Waals surface area contributed by atoms with Crippen LogP contribution in [0.2, 0.25) is 0 Å². The molecule has 84 valence electrons. The van der Waals surface area contributed by atoms with Crippen molar-refractivity contribution >= 4 is 5.91 Å². The third-order valence-corrected chi connectivity index (χ3v) is 3.98. The van der Waals surface area contributed by atoms with Crippen molar-refractivity contribution in [1.29, 1.82) is 0 Å². The lowest BCUT2D eigenvalue weighted by molar-refractivity contribution is -0.113. The van der Waals surface area contributed by atoms with Crippen LogP contribution in [-0.4, -0.2) is 5.91 Å². The van der Waals surface area contributed by atoms with E-state index in [0.717, 1.165) is 17.9 Å². The Morgan fingerprint density at radius 1 is 1.60 bits per heavy atom. The quantitative estimate of drug-likeness (QED) is 0.521. The van der Waals surface area contributed by atoms with Gasteiger partial charge < -0.3 is 5.73 Å². The first-order valence-electron chi connectivity index (χ1n) is 5.49.